The molecule has 0 bridgehead atoms. The minimum atomic E-state index is -2.21. The number of ether oxygens (including phenoxy) is 2. The lowest BCUT2D eigenvalue weighted by Crippen LogP contribution is -2.59. The zero-order valence-electron chi connectivity index (χ0n) is 25.5. The predicted octanol–water partition coefficient (Wildman–Crippen LogP) is 4.80. The predicted molar refractivity (Wildman–Crippen MR) is 152 cm³/mol. The van der Waals surface area contributed by atoms with E-state index in [-0.39, 0.29) is 13.2 Å². The fraction of sp³-hybridized carbons (Fsp3) is 0.931. The van der Waals surface area contributed by atoms with Crippen LogP contribution in [0.1, 0.15) is 119 Å². The highest BCUT2D eigenvalue weighted by Gasteiger charge is 2.53. The number of carbonyl (C=O) groups is 2. The van der Waals surface area contributed by atoms with E-state index in [0.29, 0.717) is 0 Å². The molecule has 10 heteroatoms. The molecule has 0 aliphatic heterocycles. The summed E-state index contributed by atoms with van der Waals surface area (Å²) < 4.78 is 11.3. The number of aliphatic hydroxyl groups is 4. The van der Waals surface area contributed by atoms with Crippen LogP contribution in [-0.2, 0) is 19.1 Å². The summed E-state index contributed by atoms with van der Waals surface area (Å²) in [6.45, 7) is 9.68. The maximum absolute atomic E-state index is 11.0. The Hall–Kier alpha value is -1.30. The largest absolute Gasteiger partial charge is 0.481 e. The molecule has 0 aromatic rings. The van der Waals surface area contributed by atoms with Crippen LogP contribution in [0.25, 0.3) is 0 Å². The van der Waals surface area contributed by atoms with Gasteiger partial charge in [-0.25, -0.2) is 0 Å². The standard InChI is InChI=1S/C25H52O6.2C2H4O2/c1-22(2)15-11-7-5-9-13-17-30-25(29,24(19-26,20-27)21-28)31-18-14-10-6-8-12-16-23(3)4;2*1-2(3)4/h22-23,26-29H,5-21H2,1-4H3;2*1H3,(H,3,4). The Morgan fingerprint density at radius 1 is 0.590 bits per heavy atom. The van der Waals surface area contributed by atoms with Crippen molar-refractivity contribution < 1.29 is 49.7 Å². The number of aliphatic carboxylic acids is 2. The molecule has 0 saturated carbocycles. The van der Waals surface area contributed by atoms with E-state index in [1.54, 1.807) is 0 Å². The molecule has 6 N–H and O–H groups in total. The summed E-state index contributed by atoms with van der Waals surface area (Å²) >= 11 is 0. The minimum absolute atomic E-state index is 0.248. The van der Waals surface area contributed by atoms with E-state index in [1.807, 2.05) is 0 Å². The van der Waals surface area contributed by atoms with Gasteiger partial charge in [-0.15, -0.1) is 0 Å². The van der Waals surface area contributed by atoms with Gasteiger partial charge in [-0.2, -0.15) is 0 Å². The molecular formula is C29H60O10. The molecular weight excluding hydrogens is 508 g/mol. The summed E-state index contributed by atoms with van der Waals surface area (Å²) in [5, 5.41) is 55.1. The molecule has 0 heterocycles. The first-order valence-electron chi connectivity index (χ1n) is 14.4. The van der Waals surface area contributed by atoms with Crippen LogP contribution in [0.5, 0.6) is 0 Å². The van der Waals surface area contributed by atoms with Gasteiger partial charge in [0.25, 0.3) is 17.9 Å². The van der Waals surface area contributed by atoms with Gasteiger partial charge in [-0.1, -0.05) is 91.9 Å². The summed E-state index contributed by atoms with van der Waals surface area (Å²) in [7, 11) is 0. The molecule has 0 aromatic heterocycles. The summed E-state index contributed by atoms with van der Waals surface area (Å²) in [4.78, 5) is 18.0. The molecule has 39 heavy (non-hydrogen) atoms. The van der Waals surface area contributed by atoms with Gasteiger partial charge in [-0.05, 0) is 24.7 Å². The average molecular weight is 569 g/mol. The first-order valence-corrected chi connectivity index (χ1v) is 14.4. The molecule has 0 saturated heterocycles. The first kappa shape index (κ1) is 42.2. The Morgan fingerprint density at radius 3 is 1.10 bits per heavy atom. The second kappa shape index (κ2) is 26.9. The van der Waals surface area contributed by atoms with Crippen molar-refractivity contribution in [3.8, 4) is 0 Å². The van der Waals surface area contributed by atoms with Crippen molar-refractivity contribution in [2.75, 3.05) is 33.0 Å². The minimum Gasteiger partial charge on any atom is -0.481 e. The maximum atomic E-state index is 11.0. The topological polar surface area (TPSA) is 174 Å². The molecule has 0 aliphatic rings. The van der Waals surface area contributed by atoms with Crippen LogP contribution in [0.3, 0.4) is 0 Å². The molecule has 0 radical (unpaired) electrons. The van der Waals surface area contributed by atoms with Gasteiger partial charge in [0.05, 0.1) is 33.0 Å². The number of hydrogen-bond acceptors (Lipinski definition) is 8. The van der Waals surface area contributed by atoms with Crippen LogP contribution >= 0.6 is 0 Å². The molecule has 0 fully saturated rings. The lowest BCUT2D eigenvalue weighted by atomic mass is 9.87. The maximum Gasteiger partial charge on any atom is 0.300 e. The molecule has 0 aliphatic carbocycles. The van der Waals surface area contributed by atoms with Gasteiger partial charge >= 0.3 is 0 Å². The SMILES string of the molecule is CC(=O)O.CC(=O)O.CC(C)CCCCCCCOC(O)(OCCCCCCCC(C)C)C(CO)(CO)CO. The molecule has 0 aromatic carbocycles. The van der Waals surface area contributed by atoms with Gasteiger partial charge in [0.2, 0.25) is 0 Å². The van der Waals surface area contributed by atoms with Gasteiger partial charge in [-0.3, -0.25) is 9.59 Å². The molecule has 0 spiro atoms. The number of unbranched alkanes of at least 4 members (excludes halogenated alkanes) is 8. The third-order valence-corrected chi connectivity index (χ3v) is 6.03. The van der Waals surface area contributed by atoms with Crippen LogP contribution in [0, 0.1) is 17.3 Å². The fourth-order valence-electron chi connectivity index (χ4n) is 3.59. The van der Waals surface area contributed by atoms with E-state index < -0.39 is 43.1 Å². The Bertz CT molecular complexity index is 510. The van der Waals surface area contributed by atoms with Gasteiger partial charge < -0.3 is 40.1 Å². The van der Waals surface area contributed by atoms with Crippen molar-refractivity contribution in [1.82, 2.24) is 0 Å². The van der Waals surface area contributed by atoms with Gasteiger partial charge in [0, 0.05) is 13.8 Å². The van der Waals surface area contributed by atoms with Crippen LogP contribution in [0.2, 0.25) is 0 Å². The lowest BCUT2D eigenvalue weighted by Gasteiger charge is -2.42. The zero-order valence-corrected chi connectivity index (χ0v) is 25.5. The van der Waals surface area contributed by atoms with Crippen molar-refractivity contribution >= 4 is 11.9 Å². The summed E-state index contributed by atoms with van der Waals surface area (Å²) in [5.74, 6) is -2.40. The number of carboxylic acids is 2. The summed E-state index contributed by atoms with van der Waals surface area (Å²) in [6, 6.07) is 0. The van der Waals surface area contributed by atoms with Crippen LogP contribution in [0.15, 0.2) is 0 Å². The van der Waals surface area contributed by atoms with E-state index in [0.717, 1.165) is 64.2 Å². The monoisotopic (exact) mass is 568 g/mol. The molecule has 0 atom stereocenters. The Balaban J connectivity index is -0.00000141. The van der Waals surface area contributed by atoms with E-state index in [4.69, 9.17) is 29.3 Å². The Morgan fingerprint density at radius 2 is 0.846 bits per heavy atom. The van der Waals surface area contributed by atoms with Crippen molar-refractivity contribution in [2.24, 2.45) is 17.3 Å². The van der Waals surface area contributed by atoms with E-state index in [9.17, 15) is 20.4 Å². The number of carboxylic acid groups (broad SMARTS) is 2. The Labute approximate surface area is 236 Å². The molecule has 10 nitrogen and oxygen atoms in total. The van der Waals surface area contributed by atoms with Crippen molar-refractivity contribution in [2.45, 2.75) is 125 Å². The third-order valence-electron chi connectivity index (χ3n) is 6.03. The number of aliphatic hydroxyl groups excluding tert-OH is 3. The van der Waals surface area contributed by atoms with E-state index >= 15 is 0 Å². The van der Waals surface area contributed by atoms with E-state index in [1.165, 1.54) is 38.5 Å². The lowest BCUT2D eigenvalue weighted by molar-refractivity contribution is -0.426. The summed E-state index contributed by atoms with van der Waals surface area (Å²) in [5.41, 5.74) is -1.67. The zero-order chi connectivity index (χ0) is 30.7. The quantitative estimate of drug-likeness (QED) is 0.0786. The smallest absolute Gasteiger partial charge is 0.300 e. The van der Waals surface area contributed by atoms with Gasteiger partial charge in [0.1, 0.15) is 5.41 Å². The van der Waals surface area contributed by atoms with E-state index in [2.05, 4.69) is 27.7 Å². The second-order valence-electron chi connectivity index (χ2n) is 11.0. The third kappa shape index (κ3) is 26.7. The number of hydrogen-bond donors (Lipinski definition) is 6. The highest BCUT2D eigenvalue weighted by molar-refractivity contribution is 5.63. The van der Waals surface area contributed by atoms with Gasteiger partial charge in [0.15, 0.2) is 0 Å². The fourth-order valence-corrected chi connectivity index (χ4v) is 3.59. The Kier molecular flexibility index (Phi) is 29.1. The molecule has 0 unspecified atom stereocenters. The highest BCUT2D eigenvalue weighted by atomic mass is 16.8. The average Bonchev–Trinajstić information content (AvgIpc) is 2.83. The highest BCUT2D eigenvalue weighted by Crippen LogP contribution is 2.34. The normalized spacial score (nSPS) is 11.6. The second-order valence-corrected chi connectivity index (χ2v) is 11.0. The van der Waals surface area contributed by atoms with Crippen LogP contribution in [0.4, 0.5) is 0 Å². The molecule has 236 valence electrons. The number of rotatable bonds is 22. The first-order chi connectivity index (χ1) is 18.2. The van der Waals surface area contributed by atoms with Crippen molar-refractivity contribution in [1.29, 1.82) is 0 Å². The van der Waals surface area contributed by atoms with Crippen LogP contribution in [-0.4, -0.2) is 81.6 Å². The van der Waals surface area contributed by atoms with Crippen molar-refractivity contribution in [3.63, 3.8) is 0 Å². The van der Waals surface area contributed by atoms with Crippen molar-refractivity contribution in [3.05, 3.63) is 0 Å². The van der Waals surface area contributed by atoms with Crippen LogP contribution < -0.4 is 0 Å². The molecule has 0 amide bonds. The summed E-state index contributed by atoms with van der Waals surface area (Å²) in [6.07, 6.45) is 13.0. The molecule has 0 rings (SSSR count).